The number of rotatable bonds is 6. The van der Waals surface area contributed by atoms with Gasteiger partial charge in [-0.25, -0.2) is 4.39 Å². The molecule has 1 saturated heterocycles. The standard InChI is InChI=1S/C17H26ClFN4S/c1-21(2)7-3-6-20-17(24)23-10-8-22(9-11-23)13-14-4-5-15(19)12-16(14)18/h4-5,12H,3,6-11,13H2,1-2H3,(H,20,24). The predicted octanol–water partition coefficient (Wildman–Crippen LogP) is 2.42. The van der Waals surface area contributed by atoms with Crippen LogP contribution in [0.1, 0.15) is 12.0 Å². The summed E-state index contributed by atoms with van der Waals surface area (Å²) in [5.74, 6) is -0.292. The maximum atomic E-state index is 13.1. The number of hydrogen-bond acceptors (Lipinski definition) is 3. The Morgan fingerprint density at radius 3 is 2.62 bits per heavy atom. The van der Waals surface area contributed by atoms with E-state index < -0.39 is 0 Å². The highest BCUT2D eigenvalue weighted by molar-refractivity contribution is 7.80. The molecule has 0 radical (unpaired) electrons. The van der Waals surface area contributed by atoms with E-state index in [1.165, 1.54) is 12.1 Å². The third kappa shape index (κ3) is 6.16. The molecule has 0 unspecified atom stereocenters. The van der Waals surface area contributed by atoms with Gasteiger partial charge in [0.25, 0.3) is 0 Å². The van der Waals surface area contributed by atoms with Crippen LogP contribution in [0.5, 0.6) is 0 Å². The molecule has 0 saturated carbocycles. The van der Waals surface area contributed by atoms with Crippen LogP contribution in [0.3, 0.4) is 0 Å². The Morgan fingerprint density at radius 2 is 2.00 bits per heavy atom. The van der Waals surface area contributed by atoms with Crippen LogP contribution in [0.15, 0.2) is 18.2 Å². The molecule has 0 spiro atoms. The summed E-state index contributed by atoms with van der Waals surface area (Å²) in [7, 11) is 4.15. The largest absolute Gasteiger partial charge is 0.363 e. The fourth-order valence-electron chi connectivity index (χ4n) is 2.70. The van der Waals surface area contributed by atoms with E-state index in [1.807, 2.05) is 0 Å². The smallest absolute Gasteiger partial charge is 0.169 e. The van der Waals surface area contributed by atoms with Gasteiger partial charge in [-0.2, -0.15) is 0 Å². The Labute approximate surface area is 154 Å². The van der Waals surface area contributed by atoms with Gasteiger partial charge in [0.15, 0.2) is 5.11 Å². The molecule has 0 bridgehead atoms. The monoisotopic (exact) mass is 372 g/mol. The SMILES string of the molecule is CN(C)CCCNC(=S)N1CCN(Cc2ccc(F)cc2Cl)CC1. The first-order valence-electron chi connectivity index (χ1n) is 8.29. The van der Waals surface area contributed by atoms with E-state index >= 15 is 0 Å². The molecule has 1 heterocycles. The molecule has 1 N–H and O–H groups in total. The molecule has 1 aliphatic heterocycles. The van der Waals surface area contributed by atoms with Crippen molar-refractivity contribution < 1.29 is 4.39 Å². The molecule has 1 aromatic rings. The maximum Gasteiger partial charge on any atom is 0.169 e. The van der Waals surface area contributed by atoms with E-state index in [9.17, 15) is 4.39 Å². The lowest BCUT2D eigenvalue weighted by molar-refractivity contribution is 0.174. The van der Waals surface area contributed by atoms with Crippen LogP contribution in [0.2, 0.25) is 5.02 Å². The van der Waals surface area contributed by atoms with Gasteiger partial charge in [-0.3, -0.25) is 4.90 Å². The first kappa shape index (κ1) is 19.4. The summed E-state index contributed by atoms with van der Waals surface area (Å²) in [6.45, 7) is 6.36. The van der Waals surface area contributed by atoms with E-state index in [1.54, 1.807) is 6.07 Å². The number of nitrogens with zero attached hydrogens (tertiary/aromatic N) is 3. The van der Waals surface area contributed by atoms with E-state index in [-0.39, 0.29) is 5.82 Å². The molecular formula is C17H26ClFN4S. The van der Waals surface area contributed by atoms with Gasteiger partial charge >= 0.3 is 0 Å². The normalized spacial score (nSPS) is 15.8. The average Bonchev–Trinajstić information content (AvgIpc) is 2.54. The highest BCUT2D eigenvalue weighted by Crippen LogP contribution is 2.19. The molecule has 24 heavy (non-hydrogen) atoms. The topological polar surface area (TPSA) is 21.8 Å². The van der Waals surface area contributed by atoms with Gasteiger partial charge in [0.2, 0.25) is 0 Å². The Morgan fingerprint density at radius 1 is 1.29 bits per heavy atom. The molecule has 1 aliphatic rings. The second-order valence-electron chi connectivity index (χ2n) is 6.39. The minimum atomic E-state index is -0.292. The third-order valence-corrected chi connectivity index (χ3v) is 4.88. The van der Waals surface area contributed by atoms with Crippen molar-refractivity contribution in [2.75, 3.05) is 53.4 Å². The van der Waals surface area contributed by atoms with Gasteiger partial charge in [-0.1, -0.05) is 17.7 Å². The van der Waals surface area contributed by atoms with Crippen LogP contribution in [-0.2, 0) is 6.54 Å². The summed E-state index contributed by atoms with van der Waals surface area (Å²) in [6, 6.07) is 4.60. The molecule has 0 aliphatic carbocycles. The second kappa shape index (κ2) is 9.51. The zero-order chi connectivity index (χ0) is 17.5. The van der Waals surface area contributed by atoms with Crippen LogP contribution in [-0.4, -0.2) is 73.2 Å². The summed E-state index contributed by atoms with van der Waals surface area (Å²) in [6.07, 6.45) is 1.08. The van der Waals surface area contributed by atoms with Gasteiger partial charge in [0, 0.05) is 44.3 Å². The third-order valence-electron chi connectivity index (χ3n) is 4.13. The molecule has 1 fully saturated rings. The molecular weight excluding hydrogens is 347 g/mol. The summed E-state index contributed by atoms with van der Waals surface area (Å²) in [5, 5.41) is 4.67. The minimum Gasteiger partial charge on any atom is -0.363 e. The van der Waals surface area contributed by atoms with Crippen LogP contribution in [0, 0.1) is 5.82 Å². The van der Waals surface area contributed by atoms with Crippen LogP contribution in [0.25, 0.3) is 0 Å². The zero-order valence-electron chi connectivity index (χ0n) is 14.4. The number of hydrogen-bond donors (Lipinski definition) is 1. The number of benzene rings is 1. The lowest BCUT2D eigenvalue weighted by Gasteiger charge is -2.36. The van der Waals surface area contributed by atoms with E-state index in [4.69, 9.17) is 23.8 Å². The Hall–Kier alpha value is -0.950. The second-order valence-corrected chi connectivity index (χ2v) is 7.18. The van der Waals surface area contributed by atoms with Crippen molar-refractivity contribution in [2.45, 2.75) is 13.0 Å². The van der Waals surface area contributed by atoms with Crippen molar-refractivity contribution in [3.63, 3.8) is 0 Å². The summed E-state index contributed by atoms with van der Waals surface area (Å²) in [4.78, 5) is 6.71. The van der Waals surface area contributed by atoms with Crippen molar-refractivity contribution in [1.29, 1.82) is 0 Å². The van der Waals surface area contributed by atoms with Crippen molar-refractivity contribution in [1.82, 2.24) is 20.0 Å². The quantitative estimate of drug-likeness (QED) is 0.610. The van der Waals surface area contributed by atoms with Crippen molar-refractivity contribution >= 4 is 28.9 Å². The average molecular weight is 373 g/mol. The maximum absolute atomic E-state index is 13.1. The molecule has 0 aromatic heterocycles. The fourth-order valence-corrected chi connectivity index (χ4v) is 3.21. The van der Waals surface area contributed by atoms with Gasteiger partial charge in [0.1, 0.15) is 5.82 Å². The molecule has 0 amide bonds. The van der Waals surface area contributed by atoms with Crippen molar-refractivity contribution in [2.24, 2.45) is 0 Å². The Balaban J connectivity index is 1.71. The Bertz CT molecular complexity index is 547. The number of piperazine rings is 1. The van der Waals surface area contributed by atoms with Gasteiger partial charge in [0.05, 0.1) is 0 Å². The predicted molar refractivity (Wildman–Crippen MR) is 102 cm³/mol. The summed E-state index contributed by atoms with van der Waals surface area (Å²) < 4.78 is 13.1. The molecule has 7 heteroatoms. The van der Waals surface area contributed by atoms with Gasteiger partial charge in [-0.15, -0.1) is 0 Å². The van der Waals surface area contributed by atoms with Crippen LogP contribution >= 0.6 is 23.8 Å². The summed E-state index contributed by atoms with van der Waals surface area (Å²) in [5.41, 5.74) is 0.968. The van der Waals surface area contributed by atoms with Gasteiger partial charge < -0.3 is 15.1 Å². The zero-order valence-corrected chi connectivity index (χ0v) is 16.0. The molecule has 0 atom stereocenters. The fraction of sp³-hybridized carbons (Fsp3) is 0.588. The minimum absolute atomic E-state index is 0.292. The first-order valence-corrected chi connectivity index (χ1v) is 9.08. The highest BCUT2D eigenvalue weighted by atomic mass is 35.5. The van der Waals surface area contributed by atoms with Crippen molar-refractivity contribution in [3.8, 4) is 0 Å². The first-order chi connectivity index (χ1) is 11.5. The molecule has 2 rings (SSSR count). The molecule has 1 aromatic carbocycles. The molecule has 134 valence electrons. The van der Waals surface area contributed by atoms with Crippen LogP contribution < -0.4 is 5.32 Å². The van der Waals surface area contributed by atoms with Crippen LogP contribution in [0.4, 0.5) is 4.39 Å². The lowest BCUT2D eigenvalue weighted by Crippen LogP contribution is -2.51. The highest BCUT2D eigenvalue weighted by Gasteiger charge is 2.19. The number of nitrogens with one attached hydrogen (secondary N) is 1. The van der Waals surface area contributed by atoms with E-state index in [0.29, 0.717) is 5.02 Å². The number of thiocarbonyl (C=S) groups is 1. The lowest BCUT2D eigenvalue weighted by atomic mass is 10.2. The number of halogens is 2. The Kier molecular flexibility index (Phi) is 7.68. The van der Waals surface area contributed by atoms with Gasteiger partial charge in [-0.05, 0) is 57.0 Å². The van der Waals surface area contributed by atoms with Crippen molar-refractivity contribution in [3.05, 3.63) is 34.6 Å². The molecule has 4 nitrogen and oxygen atoms in total. The summed E-state index contributed by atoms with van der Waals surface area (Å²) >= 11 is 11.6. The van der Waals surface area contributed by atoms with E-state index in [2.05, 4.69) is 34.1 Å². The van der Waals surface area contributed by atoms with E-state index in [0.717, 1.165) is 62.9 Å².